The molecule has 3 aromatic rings. The number of ether oxygens (including phenoxy) is 3. The van der Waals surface area contributed by atoms with Crippen molar-refractivity contribution in [1.29, 1.82) is 0 Å². The summed E-state index contributed by atoms with van der Waals surface area (Å²) in [5, 5.41) is 13.7. The van der Waals surface area contributed by atoms with Crippen molar-refractivity contribution >= 4 is 23.0 Å². The number of nitro groups is 1. The summed E-state index contributed by atoms with van der Waals surface area (Å²) >= 11 is 1.39. The van der Waals surface area contributed by atoms with E-state index >= 15 is 0 Å². The van der Waals surface area contributed by atoms with Crippen LogP contribution in [0.2, 0.25) is 0 Å². The number of hydrogen-bond acceptors (Lipinski definition) is 8. The zero-order chi connectivity index (χ0) is 21.7. The monoisotopic (exact) mass is 428 g/mol. The van der Waals surface area contributed by atoms with E-state index in [9.17, 15) is 14.9 Å². The lowest BCUT2D eigenvalue weighted by atomic mass is 10.1. The van der Waals surface area contributed by atoms with Gasteiger partial charge in [0.15, 0.2) is 11.5 Å². The number of aromatic nitrogens is 1. The van der Waals surface area contributed by atoms with Gasteiger partial charge in [0.05, 0.1) is 24.3 Å². The second kappa shape index (κ2) is 9.36. The van der Waals surface area contributed by atoms with E-state index in [1.807, 2.05) is 25.1 Å². The largest absolute Gasteiger partial charge is 0.493 e. The molecule has 0 amide bonds. The number of nitrogens with zero attached hydrogens (tertiary/aromatic N) is 2. The van der Waals surface area contributed by atoms with Crippen LogP contribution in [0, 0.1) is 17.0 Å². The number of hydrogen-bond donors (Lipinski definition) is 0. The van der Waals surface area contributed by atoms with Crippen molar-refractivity contribution in [3.8, 4) is 22.1 Å². The molecule has 0 atom stereocenters. The second-order valence-electron chi connectivity index (χ2n) is 6.24. The standard InChI is InChI=1S/C21H20N2O6S/c1-4-28-17-9-8-14(10-18(17)27-3)20-22-15(12-30-20)11-29-21(24)19-13(2)6-5-7-16(19)23(25)26/h5-10,12H,4,11H2,1-3H3. The van der Waals surface area contributed by atoms with E-state index in [-0.39, 0.29) is 17.9 Å². The quantitative estimate of drug-likeness (QED) is 0.289. The first-order valence-corrected chi connectivity index (χ1v) is 9.99. The van der Waals surface area contributed by atoms with Gasteiger partial charge >= 0.3 is 5.97 Å². The predicted molar refractivity (Wildman–Crippen MR) is 112 cm³/mol. The van der Waals surface area contributed by atoms with Crippen molar-refractivity contribution in [2.45, 2.75) is 20.5 Å². The Balaban J connectivity index is 1.74. The van der Waals surface area contributed by atoms with Gasteiger partial charge in [0, 0.05) is 17.0 Å². The minimum absolute atomic E-state index is 0.0470. The molecular formula is C21H20N2O6S. The molecular weight excluding hydrogens is 408 g/mol. The number of carbonyl (C=O) groups excluding carboxylic acids is 1. The maximum atomic E-state index is 12.4. The lowest BCUT2D eigenvalue weighted by Crippen LogP contribution is -2.10. The second-order valence-corrected chi connectivity index (χ2v) is 7.10. The van der Waals surface area contributed by atoms with Gasteiger partial charge in [-0.3, -0.25) is 10.1 Å². The molecule has 1 heterocycles. The van der Waals surface area contributed by atoms with Gasteiger partial charge in [-0.15, -0.1) is 11.3 Å². The summed E-state index contributed by atoms with van der Waals surface area (Å²) in [7, 11) is 1.57. The molecule has 0 N–H and O–H groups in total. The first-order chi connectivity index (χ1) is 14.4. The van der Waals surface area contributed by atoms with Gasteiger partial charge in [0.25, 0.3) is 5.69 Å². The average Bonchev–Trinajstić information content (AvgIpc) is 3.21. The molecule has 8 nitrogen and oxygen atoms in total. The lowest BCUT2D eigenvalue weighted by molar-refractivity contribution is -0.385. The van der Waals surface area contributed by atoms with E-state index in [1.54, 1.807) is 25.5 Å². The highest BCUT2D eigenvalue weighted by Crippen LogP contribution is 2.34. The molecule has 0 radical (unpaired) electrons. The molecule has 0 unspecified atom stereocenters. The Morgan fingerprint density at radius 1 is 1.23 bits per heavy atom. The summed E-state index contributed by atoms with van der Waals surface area (Å²) in [6, 6.07) is 9.96. The summed E-state index contributed by atoms with van der Waals surface area (Å²) < 4.78 is 16.2. The van der Waals surface area contributed by atoms with E-state index in [0.29, 0.717) is 29.4 Å². The number of thiazole rings is 1. The molecule has 0 aliphatic carbocycles. The van der Waals surface area contributed by atoms with Crippen molar-refractivity contribution < 1.29 is 23.9 Å². The highest BCUT2D eigenvalue weighted by Gasteiger charge is 2.23. The van der Waals surface area contributed by atoms with Crippen molar-refractivity contribution in [3.63, 3.8) is 0 Å². The molecule has 0 bridgehead atoms. The van der Waals surface area contributed by atoms with Crippen LogP contribution in [-0.2, 0) is 11.3 Å². The Bertz CT molecular complexity index is 1080. The summed E-state index contributed by atoms with van der Waals surface area (Å²) in [6.07, 6.45) is 0. The van der Waals surface area contributed by atoms with Gasteiger partial charge in [-0.05, 0) is 37.6 Å². The van der Waals surface area contributed by atoms with Gasteiger partial charge in [0.1, 0.15) is 17.2 Å². The smallest absolute Gasteiger partial charge is 0.345 e. The van der Waals surface area contributed by atoms with Crippen LogP contribution in [0.5, 0.6) is 11.5 Å². The van der Waals surface area contributed by atoms with E-state index in [1.165, 1.54) is 23.5 Å². The SMILES string of the molecule is CCOc1ccc(-c2nc(COC(=O)c3c(C)cccc3[N+](=O)[O-])cs2)cc1OC. The molecule has 0 aliphatic rings. The number of methoxy groups -OCH3 is 1. The molecule has 1 aromatic heterocycles. The minimum Gasteiger partial charge on any atom is -0.493 e. The molecule has 9 heteroatoms. The van der Waals surface area contributed by atoms with Crippen LogP contribution < -0.4 is 9.47 Å². The topological polar surface area (TPSA) is 101 Å². The molecule has 0 saturated heterocycles. The highest BCUT2D eigenvalue weighted by molar-refractivity contribution is 7.13. The van der Waals surface area contributed by atoms with Crippen LogP contribution >= 0.6 is 11.3 Å². The van der Waals surface area contributed by atoms with Crippen LogP contribution in [0.4, 0.5) is 5.69 Å². The first-order valence-electron chi connectivity index (χ1n) is 9.11. The van der Waals surface area contributed by atoms with E-state index in [0.717, 1.165) is 10.6 Å². The highest BCUT2D eigenvalue weighted by atomic mass is 32.1. The maximum absolute atomic E-state index is 12.4. The number of aryl methyl sites for hydroxylation is 1. The third-order valence-electron chi connectivity index (χ3n) is 4.26. The molecule has 156 valence electrons. The number of nitro benzene ring substituents is 1. The van der Waals surface area contributed by atoms with Crippen LogP contribution in [0.15, 0.2) is 41.8 Å². The van der Waals surface area contributed by atoms with E-state index in [4.69, 9.17) is 14.2 Å². The lowest BCUT2D eigenvalue weighted by Gasteiger charge is -2.10. The molecule has 0 aliphatic heterocycles. The van der Waals surface area contributed by atoms with Crippen molar-refractivity contribution in [2.24, 2.45) is 0 Å². The molecule has 2 aromatic carbocycles. The van der Waals surface area contributed by atoms with Crippen molar-refractivity contribution in [2.75, 3.05) is 13.7 Å². The minimum atomic E-state index is -0.753. The van der Waals surface area contributed by atoms with Crippen LogP contribution in [0.25, 0.3) is 10.6 Å². The number of esters is 1. The third kappa shape index (κ3) is 4.57. The fraction of sp³-hybridized carbons (Fsp3) is 0.238. The van der Waals surface area contributed by atoms with Crippen molar-refractivity contribution in [3.05, 3.63) is 68.7 Å². The van der Waals surface area contributed by atoms with Crippen LogP contribution in [0.1, 0.15) is 28.5 Å². The fourth-order valence-electron chi connectivity index (χ4n) is 2.86. The first kappa shape index (κ1) is 21.3. The Morgan fingerprint density at radius 2 is 2.03 bits per heavy atom. The van der Waals surface area contributed by atoms with Crippen LogP contribution in [-0.4, -0.2) is 29.6 Å². The maximum Gasteiger partial charge on any atom is 0.345 e. The Labute approximate surface area is 177 Å². The number of benzene rings is 2. The zero-order valence-corrected chi connectivity index (χ0v) is 17.5. The molecule has 0 spiro atoms. The Hall–Kier alpha value is -3.46. The predicted octanol–water partition coefficient (Wildman–Crippen LogP) is 4.79. The Kier molecular flexibility index (Phi) is 6.63. The van der Waals surface area contributed by atoms with Gasteiger partial charge in [-0.1, -0.05) is 12.1 Å². The summed E-state index contributed by atoms with van der Waals surface area (Å²) in [6.45, 7) is 3.97. The molecule has 30 heavy (non-hydrogen) atoms. The van der Waals surface area contributed by atoms with E-state index in [2.05, 4.69) is 4.98 Å². The fourth-order valence-corrected chi connectivity index (χ4v) is 3.66. The molecule has 0 saturated carbocycles. The van der Waals surface area contributed by atoms with Crippen LogP contribution in [0.3, 0.4) is 0 Å². The third-order valence-corrected chi connectivity index (χ3v) is 5.21. The van der Waals surface area contributed by atoms with E-state index < -0.39 is 10.9 Å². The number of rotatable bonds is 8. The summed E-state index contributed by atoms with van der Waals surface area (Å²) in [5.41, 5.74) is 1.55. The Morgan fingerprint density at radius 3 is 2.73 bits per heavy atom. The van der Waals surface area contributed by atoms with Crippen molar-refractivity contribution in [1.82, 2.24) is 4.98 Å². The molecule has 0 fully saturated rings. The van der Waals surface area contributed by atoms with Gasteiger partial charge in [-0.25, -0.2) is 9.78 Å². The summed E-state index contributed by atoms with van der Waals surface area (Å²) in [4.78, 5) is 27.5. The zero-order valence-electron chi connectivity index (χ0n) is 16.7. The number of carbonyl (C=O) groups is 1. The average molecular weight is 428 g/mol. The van der Waals surface area contributed by atoms with Gasteiger partial charge in [0.2, 0.25) is 0 Å². The molecule has 3 rings (SSSR count). The van der Waals surface area contributed by atoms with Gasteiger partial charge < -0.3 is 14.2 Å². The van der Waals surface area contributed by atoms with Gasteiger partial charge in [-0.2, -0.15) is 0 Å². The normalized spacial score (nSPS) is 10.5. The summed E-state index contributed by atoms with van der Waals surface area (Å²) in [5.74, 6) is 0.496.